The molecule has 1 aliphatic heterocycles. The first kappa shape index (κ1) is 11.4. The Morgan fingerprint density at radius 1 is 1.33 bits per heavy atom. The summed E-state index contributed by atoms with van der Waals surface area (Å²) in [5.41, 5.74) is 0.571. The van der Waals surface area contributed by atoms with Crippen molar-refractivity contribution < 1.29 is 9.05 Å². The molecule has 0 radical (unpaired) electrons. The second-order valence-corrected chi connectivity index (χ2v) is 4.30. The number of hydrogen-bond acceptors (Lipinski definition) is 7. The molecule has 18 heavy (non-hydrogen) atoms. The van der Waals surface area contributed by atoms with Gasteiger partial charge in [-0.1, -0.05) is 10.3 Å². The van der Waals surface area contributed by atoms with Crippen molar-refractivity contribution in [2.24, 2.45) is 0 Å². The minimum Gasteiger partial charge on any atom is -0.364 e. The van der Waals surface area contributed by atoms with Gasteiger partial charge in [0.2, 0.25) is 0 Å². The summed E-state index contributed by atoms with van der Waals surface area (Å²) in [5, 5.41) is 11.1. The lowest BCUT2D eigenvalue weighted by Crippen LogP contribution is -2.44. The standard InChI is InChI=1S/C11H15N5O2/c1-8(16-5-3-12-4-6-16)10-13-11(18-15-10)9-2-7-17-14-9/h2,7-8,12H,3-6H2,1H3. The van der Waals surface area contributed by atoms with Gasteiger partial charge in [0.25, 0.3) is 5.89 Å². The van der Waals surface area contributed by atoms with Crippen molar-refractivity contribution in [3.05, 3.63) is 18.2 Å². The van der Waals surface area contributed by atoms with Crippen LogP contribution in [0.5, 0.6) is 0 Å². The van der Waals surface area contributed by atoms with Gasteiger partial charge in [0.1, 0.15) is 6.26 Å². The molecule has 0 spiro atoms. The SMILES string of the molecule is CC(c1noc(-c2ccon2)n1)N1CCNCC1. The Hall–Kier alpha value is -1.73. The first-order valence-corrected chi connectivity index (χ1v) is 6.04. The van der Waals surface area contributed by atoms with Gasteiger partial charge in [0, 0.05) is 32.2 Å². The Morgan fingerprint density at radius 2 is 2.17 bits per heavy atom. The minimum absolute atomic E-state index is 0.150. The average Bonchev–Trinajstić information content (AvgIpc) is 3.09. The number of nitrogens with one attached hydrogen (secondary N) is 1. The van der Waals surface area contributed by atoms with Crippen molar-refractivity contribution in [1.82, 2.24) is 25.5 Å². The Morgan fingerprint density at radius 3 is 2.89 bits per heavy atom. The summed E-state index contributed by atoms with van der Waals surface area (Å²) < 4.78 is 9.95. The lowest BCUT2D eigenvalue weighted by molar-refractivity contribution is 0.176. The topological polar surface area (TPSA) is 80.2 Å². The zero-order valence-electron chi connectivity index (χ0n) is 10.2. The zero-order valence-corrected chi connectivity index (χ0v) is 10.2. The van der Waals surface area contributed by atoms with Crippen molar-refractivity contribution in [3.8, 4) is 11.6 Å². The van der Waals surface area contributed by atoms with Crippen molar-refractivity contribution >= 4 is 0 Å². The molecule has 1 unspecified atom stereocenters. The summed E-state index contributed by atoms with van der Waals surface area (Å²) in [4.78, 5) is 6.69. The number of rotatable bonds is 3. The molecule has 1 saturated heterocycles. The highest BCUT2D eigenvalue weighted by atomic mass is 16.5. The van der Waals surface area contributed by atoms with Gasteiger partial charge in [0.15, 0.2) is 11.5 Å². The summed E-state index contributed by atoms with van der Waals surface area (Å²) in [6.45, 7) is 6.07. The first-order valence-electron chi connectivity index (χ1n) is 6.04. The Balaban J connectivity index is 1.76. The van der Waals surface area contributed by atoms with E-state index >= 15 is 0 Å². The molecule has 7 nitrogen and oxygen atoms in total. The summed E-state index contributed by atoms with van der Waals surface area (Å²) in [5.74, 6) is 1.09. The summed E-state index contributed by atoms with van der Waals surface area (Å²) >= 11 is 0. The van der Waals surface area contributed by atoms with Crippen LogP contribution in [0.1, 0.15) is 18.8 Å². The highest BCUT2D eigenvalue weighted by molar-refractivity contribution is 5.43. The smallest absolute Gasteiger partial charge is 0.280 e. The molecule has 3 heterocycles. The van der Waals surface area contributed by atoms with Crippen LogP contribution >= 0.6 is 0 Å². The molecule has 0 bridgehead atoms. The maximum Gasteiger partial charge on any atom is 0.280 e. The second-order valence-electron chi connectivity index (χ2n) is 4.30. The maximum absolute atomic E-state index is 5.20. The van der Waals surface area contributed by atoms with E-state index in [0.29, 0.717) is 17.4 Å². The Kier molecular flexibility index (Phi) is 3.07. The van der Waals surface area contributed by atoms with Gasteiger partial charge in [-0.25, -0.2) is 0 Å². The van der Waals surface area contributed by atoms with Crippen LogP contribution in [-0.4, -0.2) is 46.4 Å². The fourth-order valence-corrected chi connectivity index (χ4v) is 2.06. The molecule has 3 rings (SSSR count). The fourth-order valence-electron chi connectivity index (χ4n) is 2.06. The van der Waals surface area contributed by atoms with Crippen molar-refractivity contribution in [1.29, 1.82) is 0 Å². The van der Waals surface area contributed by atoms with Crippen LogP contribution < -0.4 is 5.32 Å². The molecule has 1 fully saturated rings. The fraction of sp³-hybridized carbons (Fsp3) is 0.545. The molecule has 0 aromatic carbocycles. The van der Waals surface area contributed by atoms with E-state index in [0.717, 1.165) is 26.2 Å². The molecule has 2 aromatic heterocycles. The predicted molar refractivity (Wildman–Crippen MR) is 62.7 cm³/mol. The molecular weight excluding hydrogens is 234 g/mol. The van der Waals surface area contributed by atoms with Crippen LogP contribution in [0.4, 0.5) is 0 Å². The van der Waals surface area contributed by atoms with Crippen molar-refractivity contribution in [2.45, 2.75) is 13.0 Å². The predicted octanol–water partition coefficient (Wildman–Crippen LogP) is 0.691. The van der Waals surface area contributed by atoms with E-state index in [2.05, 4.69) is 32.4 Å². The molecule has 1 aliphatic rings. The van der Waals surface area contributed by atoms with Gasteiger partial charge in [-0.3, -0.25) is 4.90 Å². The van der Waals surface area contributed by atoms with Gasteiger partial charge in [-0.05, 0) is 6.92 Å². The van der Waals surface area contributed by atoms with E-state index in [1.807, 2.05) is 0 Å². The normalized spacial score (nSPS) is 18.9. The number of hydrogen-bond donors (Lipinski definition) is 1. The van der Waals surface area contributed by atoms with E-state index in [9.17, 15) is 0 Å². The molecule has 0 saturated carbocycles. The third-order valence-electron chi connectivity index (χ3n) is 3.17. The monoisotopic (exact) mass is 249 g/mol. The Labute approximate surface area is 104 Å². The number of nitrogens with zero attached hydrogens (tertiary/aromatic N) is 4. The zero-order chi connectivity index (χ0) is 12.4. The number of piperazine rings is 1. The molecule has 1 atom stereocenters. The van der Waals surface area contributed by atoms with E-state index in [1.165, 1.54) is 6.26 Å². The van der Waals surface area contributed by atoms with Gasteiger partial charge in [-0.15, -0.1) is 0 Å². The van der Waals surface area contributed by atoms with Gasteiger partial charge < -0.3 is 14.4 Å². The quantitative estimate of drug-likeness (QED) is 0.857. The third kappa shape index (κ3) is 2.14. The van der Waals surface area contributed by atoms with Gasteiger partial charge in [-0.2, -0.15) is 4.98 Å². The molecule has 0 amide bonds. The number of aromatic nitrogens is 3. The molecule has 96 valence electrons. The summed E-state index contributed by atoms with van der Waals surface area (Å²) in [6.07, 6.45) is 1.49. The van der Waals surface area contributed by atoms with E-state index < -0.39 is 0 Å². The van der Waals surface area contributed by atoms with Gasteiger partial charge in [0.05, 0.1) is 6.04 Å². The molecule has 1 N–H and O–H groups in total. The molecule has 2 aromatic rings. The lowest BCUT2D eigenvalue weighted by atomic mass is 10.2. The van der Waals surface area contributed by atoms with Crippen LogP contribution in [-0.2, 0) is 0 Å². The van der Waals surface area contributed by atoms with Crippen LogP contribution in [0, 0.1) is 0 Å². The van der Waals surface area contributed by atoms with Crippen LogP contribution in [0.15, 0.2) is 21.4 Å². The minimum atomic E-state index is 0.150. The first-order chi connectivity index (χ1) is 8.84. The molecule has 0 aliphatic carbocycles. The van der Waals surface area contributed by atoms with Gasteiger partial charge >= 0.3 is 0 Å². The highest BCUT2D eigenvalue weighted by Gasteiger charge is 2.23. The second kappa shape index (κ2) is 4.87. The summed E-state index contributed by atoms with van der Waals surface area (Å²) in [7, 11) is 0. The van der Waals surface area contributed by atoms with E-state index in [4.69, 9.17) is 9.05 Å². The maximum atomic E-state index is 5.20. The van der Waals surface area contributed by atoms with E-state index in [1.54, 1.807) is 6.07 Å². The third-order valence-corrected chi connectivity index (χ3v) is 3.17. The van der Waals surface area contributed by atoms with Crippen LogP contribution in [0.2, 0.25) is 0 Å². The molecule has 7 heteroatoms. The lowest BCUT2D eigenvalue weighted by Gasteiger charge is -2.30. The average molecular weight is 249 g/mol. The van der Waals surface area contributed by atoms with E-state index in [-0.39, 0.29) is 6.04 Å². The molecular formula is C11H15N5O2. The van der Waals surface area contributed by atoms with Crippen LogP contribution in [0.3, 0.4) is 0 Å². The Bertz CT molecular complexity index is 489. The highest BCUT2D eigenvalue weighted by Crippen LogP contribution is 2.21. The van der Waals surface area contributed by atoms with Crippen molar-refractivity contribution in [3.63, 3.8) is 0 Å². The van der Waals surface area contributed by atoms with Crippen molar-refractivity contribution in [2.75, 3.05) is 26.2 Å². The van der Waals surface area contributed by atoms with Crippen LogP contribution in [0.25, 0.3) is 11.6 Å². The summed E-state index contributed by atoms with van der Waals surface area (Å²) in [6, 6.07) is 1.85. The largest absolute Gasteiger partial charge is 0.364 e.